The van der Waals surface area contributed by atoms with Gasteiger partial charge in [0.2, 0.25) is 11.9 Å². The zero-order valence-corrected chi connectivity index (χ0v) is 21.0. The summed E-state index contributed by atoms with van der Waals surface area (Å²) in [6.45, 7) is 1.53. The molecule has 1 amide bonds. The summed E-state index contributed by atoms with van der Waals surface area (Å²) in [4.78, 5) is 21.5. The van der Waals surface area contributed by atoms with Crippen LogP contribution in [0.2, 0.25) is 0 Å². The number of nitrogens with one attached hydrogen (secondary N) is 2. The Morgan fingerprint density at radius 1 is 1.16 bits per heavy atom. The molecule has 4 N–H and O–H groups in total. The minimum atomic E-state index is -2.60. The lowest BCUT2D eigenvalue weighted by atomic mass is 10.1. The minimum absolute atomic E-state index is 0.0882. The maximum absolute atomic E-state index is 13.6. The van der Waals surface area contributed by atoms with Gasteiger partial charge in [0.05, 0.1) is 18.9 Å². The molecule has 0 radical (unpaired) electrons. The van der Waals surface area contributed by atoms with Crippen LogP contribution in [0.15, 0.2) is 48.7 Å². The van der Waals surface area contributed by atoms with Crippen LogP contribution >= 0.6 is 0 Å². The first-order valence-corrected chi connectivity index (χ1v) is 12.9. The zero-order chi connectivity index (χ0) is 26.5. The summed E-state index contributed by atoms with van der Waals surface area (Å²) in [5.74, 6) is -1.99. The average molecular weight is 524 g/mol. The second-order valence-corrected chi connectivity index (χ2v) is 9.81. The van der Waals surface area contributed by atoms with Gasteiger partial charge in [0.15, 0.2) is 0 Å². The van der Waals surface area contributed by atoms with Crippen LogP contribution in [-0.4, -0.2) is 41.6 Å². The van der Waals surface area contributed by atoms with Crippen LogP contribution in [0.1, 0.15) is 48.0 Å². The Kier molecular flexibility index (Phi) is 7.69. The topological polar surface area (TPSA) is 111 Å². The SMILES string of the molecule is Nc1cc2ccc1-c1ccnc(n1)Nc1ccc(OCC3CCC(F)(F)C3)c(c1)COCCCCNC2=O. The van der Waals surface area contributed by atoms with Crippen molar-refractivity contribution in [2.24, 2.45) is 5.92 Å². The van der Waals surface area contributed by atoms with E-state index in [1.165, 1.54) is 0 Å². The average Bonchev–Trinajstić information content (AvgIpc) is 3.25. The van der Waals surface area contributed by atoms with Gasteiger partial charge in [-0.1, -0.05) is 0 Å². The van der Waals surface area contributed by atoms with Crippen LogP contribution in [0.3, 0.4) is 0 Å². The van der Waals surface area contributed by atoms with Gasteiger partial charge in [-0.25, -0.2) is 18.7 Å². The summed E-state index contributed by atoms with van der Waals surface area (Å²) in [5.41, 5.74) is 10.0. The van der Waals surface area contributed by atoms with Crippen molar-refractivity contribution in [1.82, 2.24) is 15.3 Å². The van der Waals surface area contributed by atoms with Crippen molar-refractivity contribution >= 4 is 23.2 Å². The number of alkyl halides is 2. The quantitative estimate of drug-likeness (QED) is 0.398. The Balaban J connectivity index is 1.39. The van der Waals surface area contributed by atoms with Crippen molar-refractivity contribution in [2.45, 2.75) is 44.6 Å². The van der Waals surface area contributed by atoms with Crippen molar-refractivity contribution < 1.29 is 23.0 Å². The molecule has 6 rings (SSSR count). The number of carbonyl (C=O) groups excluding carboxylic acids is 1. The van der Waals surface area contributed by atoms with E-state index in [4.69, 9.17) is 15.2 Å². The number of rotatable bonds is 3. The summed E-state index contributed by atoms with van der Waals surface area (Å²) in [7, 11) is 0. The highest BCUT2D eigenvalue weighted by atomic mass is 19.3. The minimum Gasteiger partial charge on any atom is -0.493 e. The Hall–Kier alpha value is -3.79. The molecule has 10 heteroatoms. The molecule has 2 aromatic carbocycles. The third-order valence-corrected chi connectivity index (χ3v) is 6.80. The van der Waals surface area contributed by atoms with Gasteiger partial charge >= 0.3 is 0 Å². The fourth-order valence-corrected chi connectivity index (χ4v) is 4.75. The third-order valence-electron chi connectivity index (χ3n) is 6.80. The van der Waals surface area contributed by atoms with Crippen molar-refractivity contribution in [3.05, 3.63) is 59.8 Å². The molecule has 1 fully saturated rings. The molecule has 1 unspecified atom stereocenters. The molecule has 1 aromatic heterocycles. The Morgan fingerprint density at radius 3 is 2.87 bits per heavy atom. The number of nitrogen functional groups attached to an aromatic ring is 1. The van der Waals surface area contributed by atoms with Crippen LogP contribution in [0, 0.1) is 5.92 Å². The largest absolute Gasteiger partial charge is 0.493 e. The molecule has 38 heavy (non-hydrogen) atoms. The number of nitrogens with two attached hydrogens (primary N) is 1. The molecule has 2 aliphatic heterocycles. The summed E-state index contributed by atoms with van der Waals surface area (Å²) in [6.07, 6.45) is 3.36. The van der Waals surface area contributed by atoms with E-state index in [-0.39, 0.29) is 31.3 Å². The smallest absolute Gasteiger partial charge is 0.251 e. The lowest BCUT2D eigenvalue weighted by Gasteiger charge is -2.17. The molecule has 6 bridgehead atoms. The van der Waals surface area contributed by atoms with Gasteiger partial charge in [0.1, 0.15) is 5.75 Å². The van der Waals surface area contributed by atoms with Gasteiger partial charge in [-0.2, -0.15) is 0 Å². The van der Waals surface area contributed by atoms with Gasteiger partial charge in [0, 0.05) is 60.3 Å². The number of halogens is 2. The first-order valence-electron chi connectivity index (χ1n) is 12.9. The molecule has 1 saturated carbocycles. The molecule has 3 aliphatic rings. The van der Waals surface area contributed by atoms with E-state index in [0.29, 0.717) is 60.4 Å². The molecule has 3 heterocycles. The number of benzene rings is 2. The Labute approximate surface area is 220 Å². The number of fused-ring (bicyclic) bond motifs is 9. The van der Waals surface area contributed by atoms with E-state index < -0.39 is 5.92 Å². The lowest BCUT2D eigenvalue weighted by molar-refractivity contribution is 0.00285. The second-order valence-electron chi connectivity index (χ2n) is 9.81. The fourth-order valence-electron chi connectivity index (χ4n) is 4.75. The Morgan fingerprint density at radius 2 is 2.05 bits per heavy atom. The van der Waals surface area contributed by atoms with Crippen molar-refractivity contribution in [3.63, 3.8) is 0 Å². The molecule has 1 aliphatic carbocycles. The van der Waals surface area contributed by atoms with Gasteiger partial charge < -0.3 is 25.8 Å². The fraction of sp³-hybridized carbons (Fsp3) is 0.393. The highest BCUT2D eigenvalue weighted by molar-refractivity contribution is 5.96. The van der Waals surface area contributed by atoms with Crippen LogP contribution in [-0.2, 0) is 11.3 Å². The number of anilines is 3. The van der Waals surface area contributed by atoms with Gasteiger partial charge in [0.25, 0.3) is 5.91 Å². The predicted molar refractivity (Wildman–Crippen MR) is 141 cm³/mol. The number of nitrogens with zero attached hydrogens (tertiary/aromatic N) is 2. The number of aromatic nitrogens is 2. The molecule has 8 nitrogen and oxygen atoms in total. The highest BCUT2D eigenvalue weighted by Crippen LogP contribution is 2.39. The van der Waals surface area contributed by atoms with E-state index >= 15 is 0 Å². The molecule has 3 aromatic rings. The molecule has 200 valence electrons. The predicted octanol–water partition coefficient (Wildman–Crippen LogP) is 5.32. The second kappa shape index (κ2) is 11.3. The summed E-state index contributed by atoms with van der Waals surface area (Å²) >= 11 is 0. The summed E-state index contributed by atoms with van der Waals surface area (Å²) in [5, 5.41) is 6.12. The van der Waals surface area contributed by atoms with Gasteiger partial charge in [-0.15, -0.1) is 0 Å². The van der Waals surface area contributed by atoms with Crippen LogP contribution < -0.4 is 21.1 Å². The normalized spacial score (nSPS) is 19.5. The van der Waals surface area contributed by atoms with Gasteiger partial charge in [-0.05, 0) is 67.6 Å². The Bertz CT molecular complexity index is 1300. The van der Waals surface area contributed by atoms with Crippen LogP contribution in [0.25, 0.3) is 11.3 Å². The molecule has 0 saturated heterocycles. The number of carbonyl (C=O) groups is 1. The monoisotopic (exact) mass is 523 g/mol. The maximum Gasteiger partial charge on any atom is 0.251 e. The van der Waals surface area contributed by atoms with E-state index in [0.717, 1.165) is 24.1 Å². The number of hydrogen-bond donors (Lipinski definition) is 3. The zero-order valence-electron chi connectivity index (χ0n) is 21.0. The van der Waals surface area contributed by atoms with Crippen LogP contribution in [0.4, 0.5) is 26.1 Å². The molecular formula is C28H31F2N5O3. The van der Waals surface area contributed by atoms with E-state index in [2.05, 4.69) is 20.6 Å². The molecular weight excluding hydrogens is 492 g/mol. The van der Waals surface area contributed by atoms with E-state index in [1.54, 1.807) is 30.5 Å². The highest BCUT2D eigenvalue weighted by Gasteiger charge is 2.39. The van der Waals surface area contributed by atoms with Crippen LogP contribution in [0.5, 0.6) is 5.75 Å². The van der Waals surface area contributed by atoms with E-state index in [1.807, 2.05) is 18.2 Å². The summed E-state index contributed by atoms with van der Waals surface area (Å²) < 4.78 is 39.1. The number of amides is 1. The lowest BCUT2D eigenvalue weighted by Crippen LogP contribution is -2.24. The summed E-state index contributed by atoms with van der Waals surface area (Å²) in [6, 6.07) is 12.4. The third kappa shape index (κ3) is 6.36. The standard InChI is InChI=1S/C28H31F2N5O3/c29-28(30)9-7-18(15-28)16-38-25-6-4-21-13-20(25)17-37-12-2-1-10-32-26(36)19-3-5-22(23(31)14-19)24-8-11-33-27(34-21)35-24/h3-6,8,11,13-14,18H,1-2,7,9-10,12,15-17,31H2,(H,32,36)(H,33,34,35). The van der Waals surface area contributed by atoms with Gasteiger partial charge in [-0.3, -0.25) is 4.79 Å². The first kappa shape index (κ1) is 25.8. The van der Waals surface area contributed by atoms with Crippen molar-refractivity contribution in [2.75, 3.05) is 30.8 Å². The van der Waals surface area contributed by atoms with E-state index in [9.17, 15) is 13.6 Å². The van der Waals surface area contributed by atoms with Crippen molar-refractivity contribution in [3.8, 4) is 17.0 Å². The first-order chi connectivity index (χ1) is 18.4. The molecule has 1 atom stereocenters. The number of hydrogen-bond acceptors (Lipinski definition) is 7. The maximum atomic E-state index is 13.6. The van der Waals surface area contributed by atoms with Crippen molar-refractivity contribution in [1.29, 1.82) is 0 Å². The molecule has 0 spiro atoms. The number of ether oxygens (including phenoxy) is 2.